The molecule has 0 unspecified atom stereocenters. The Morgan fingerprint density at radius 1 is 0.892 bits per heavy atom. The smallest absolute Gasteiger partial charge is 0.230 e. The summed E-state index contributed by atoms with van der Waals surface area (Å²) in [6.45, 7) is 3.07. The minimum Gasteiger partial charge on any atom is -0.489 e. The molecule has 2 heterocycles. The molecule has 6 nitrogen and oxygen atoms in total. The van der Waals surface area contributed by atoms with Crippen molar-refractivity contribution >= 4 is 29.1 Å². The highest BCUT2D eigenvalue weighted by molar-refractivity contribution is 6.32. The number of carbonyl (C=O) groups is 2. The molecule has 0 atom stereocenters. The number of hydrogen-bond donors (Lipinski definition) is 0. The summed E-state index contributed by atoms with van der Waals surface area (Å²) in [6, 6.07) is 11.8. The van der Waals surface area contributed by atoms with Crippen LogP contribution in [0.1, 0.15) is 68.9 Å². The number of para-hydroxylation sites is 1. The van der Waals surface area contributed by atoms with E-state index in [9.17, 15) is 9.59 Å². The zero-order valence-electron chi connectivity index (χ0n) is 21.6. The van der Waals surface area contributed by atoms with Crippen molar-refractivity contribution in [2.75, 3.05) is 31.2 Å². The van der Waals surface area contributed by atoms with Gasteiger partial charge in [0.1, 0.15) is 0 Å². The fraction of sp³-hybridized carbons (Fsp3) is 0.533. The Kier molecular flexibility index (Phi) is 8.55. The van der Waals surface area contributed by atoms with Crippen molar-refractivity contribution in [1.82, 2.24) is 4.90 Å². The predicted octanol–water partition coefficient (Wildman–Crippen LogP) is 6.17. The Labute approximate surface area is 224 Å². The van der Waals surface area contributed by atoms with Crippen molar-refractivity contribution in [3.05, 3.63) is 52.5 Å². The molecular formula is C30H37ClN2O4. The van der Waals surface area contributed by atoms with Gasteiger partial charge in [-0.15, -0.1) is 0 Å². The van der Waals surface area contributed by atoms with Gasteiger partial charge in [0.25, 0.3) is 0 Å². The van der Waals surface area contributed by atoms with E-state index in [1.54, 1.807) is 0 Å². The molecule has 1 fully saturated rings. The third-order valence-electron chi connectivity index (χ3n) is 7.47. The number of rotatable bonds is 3. The van der Waals surface area contributed by atoms with Crippen molar-refractivity contribution in [2.45, 2.75) is 70.8 Å². The lowest BCUT2D eigenvalue weighted by Crippen LogP contribution is -2.36. The largest absolute Gasteiger partial charge is 0.489 e. The number of anilines is 1. The second kappa shape index (κ2) is 12.2. The molecule has 2 aromatic rings. The van der Waals surface area contributed by atoms with Crippen molar-refractivity contribution < 1.29 is 19.1 Å². The Balaban J connectivity index is 1.39. The molecule has 2 aromatic carbocycles. The van der Waals surface area contributed by atoms with Crippen LogP contribution in [0.25, 0.3) is 0 Å². The summed E-state index contributed by atoms with van der Waals surface area (Å²) in [5, 5.41) is 0.478. The number of carbonyl (C=O) groups excluding carboxylic acids is 2. The topological polar surface area (TPSA) is 59.1 Å². The van der Waals surface area contributed by atoms with Crippen LogP contribution >= 0.6 is 11.6 Å². The third-order valence-corrected chi connectivity index (χ3v) is 7.75. The van der Waals surface area contributed by atoms with E-state index in [0.29, 0.717) is 42.8 Å². The lowest BCUT2D eigenvalue weighted by atomic mass is 10.1. The van der Waals surface area contributed by atoms with Gasteiger partial charge in [0.2, 0.25) is 11.8 Å². The van der Waals surface area contributed by atoms with E-state index >= 15 is 0 Å². The van der Waals surface area contributed by atoms with Gasteiger partial charge in [-0.05, 0) is 55.0 Å². The molecule has 0 bridgehead atoms. The predicted molar refractivity (Wildman–Crippen MR) is 145 cm³/mol. The standard InChI is InChI=1S/C30H37ClN2O4/c31-25-18-22(19-27-29(25)37-17-9-16-36-27)20-28(34)32-14-7-3-1-2-4-8-15-33(30(35)23-12-13-23)26-11-6-5-10-24(26)21-32/h5-6,10-11,18-19,23H,1-4,7-9,12-17,20-21H2. The zero-order chi connectivity index (χ0) is 25.6. The molecule has 3 aliphatic rings. The highest BCUT2D eigenvalue weighted by atomic mass is 35.5. The lowest BCUT2D eigenvalue weighted by Gasteiger charge is -2.29. The van der Waals surface area contributed by atoms with Crippen LogP contribution in [0.5, 0.6) is 11.5 Å². The summed E-state index contributed by atoms with van der Waals surface area (Å²) in [6.07, 6.45) is 9.55. The molecule has 0 spiro atoms. The average Bonchev–Trinajstić information content (AvgIpc) is 3.74. The molecule has 37 heavy (non-hydrogen) atoms. The van der Waals surface area contributed by atoms with Crippen LogP contribution in [0.2, 0.25) is 5.02 Å². The van der Waals surface area contributed by atoms with Crippen molar-refractivity contribution in [3.63, 3.8) is 0 Å². The number of nitrogens with zero attached hydrogens (tertiary/aromatic N) is 2. The van der Waals surface area contributed by atoms with E-state index in [1.807, 2.05) is 40.1 Å². The van der Waals surface area contributed by atoms with E-state index in [4.69, 9.17) is 21.1 Å². The first-order valence-corrected chi connectivity index (χ1v) is 14.2. The minimum absolute atomic E-state index is 0.0512. The first-order chi connectivity index (χ1) is 18.1. The summed E-state index contributed by atoms with van der Waals surface area (Å²) in [7, 11) is 0. The molecule has 0 aromatic heterocycles. The molecule has 0 radical (unpaired) electrons. The second-order valence-electron chi connectivity index (χ2n) is 10.5. The van der Waals surface area contributed by atoms with Gasteiger partial charge in [0.15, 0.2) is 11.5 Å². The minimum atomic E-state index is 0.0512. The van der Waals surface area contributed by atoms with Crippen LogP contribution < -0.4 is 14.4 Å². The molecule has 1 aliphatic carbocycles. The van der Waals surface area contributed by atoms with Crippen molar-refractivity contribution in [1.29, 1.82) is 0 Å². The number of benzene rings is 2. The summed E-state index contributed by atoms with van der Waals surface area (Å²) < 4.78 is 11.6. The van der Waals surface area contributed by atoms with Crippen LogP contribution in [0, 0.1) is 5.92 Å². The third kappa shape index (κ3) is 6.59. The van der Waals surface area contributed by atoms with Gasteiger partial charge < -0.3 is 19.3 Å². The Morgan fingerprint density at radius 2 is 1.62 bits per heavy atom. The van der Waals surface area contributed by atoms with Crippen LogP contribution in [-0.4, -0.2) is 43.0 Å². The molecule has 5 rings (SSSR count). The fourth-order valence-corrected chi connectivity index (χ4v) is 5.55. The number of amides is 2. The fourth-order valence-electron chi connectivity index (χ4n) is 5.26. The molecule has 2 aliphatic heterocycles. The zero-order valence-corrected chi connectivity index (χ0v) is 22.3. The molecule has 0 saturated heterocycles. The number of halogens is 1. The van der Waals surface area contributed by atoms with E-state index in [1.165, 1.54) is 0 Å². The molecule has 198 valence electrons. The van der Waals surface area contributed by atoms with Gasteiger partial charge in [0.05, 0.1) is 24.7 Å². The maximum Gasteiger partial charge on any atom is 0.230 e. The van der Waals surface area contributed by atoms with Gasteiger partial charge in [-0.2, -0.15) is 0 Å². The van der Waals surface area contributed by atoms with E-state index in [0.717, 1.165) is 81.1 Å². The highest BCUT2D eigenvalue weighted by Crippen LogP contribution is 2.38. The Morgan fingerprint density at radius 3 is 2.43 bits per heavy atom. The van der Waals surface area contributed by atoms with E-state index in [-0.39, 0.29) is 24.2 Å². The summed E-state index contributed by atoms with van der Waals surface area (Å²) >= 11 is 6.50. The maximum atomic E-state index is 13.7. The van der Waals surface area contributed by atoms with Gasteiger partial charge in [-0.3, -0.25) is 9.59 Å². The average molecular weight is 525 g/mol. The van der Waals surface area contributed by atoms with Gasteiger partial charge >= 0.3 is 0 Å². The van der Waals surface area contributed by atoms with Gasteiger partial charge in [-0.25, -0.2) is 0 Å². The van der Waals surface area contributed by atoms with E-state index < -0.39 is 0 Å². The van der Waals surface area contributed by atoms with Crippen LogP contribution in [-0.2, 0) is 22.6 Å². The Bertz CT molecular complexity index is 1120. The van der Waals surface area contributed by atoms with Crippen LogP contribution in [0.4, 0.5) is 5.69 Å². The van der Waals surface area contributed by atoms with Gasteiger partial charge in [0, 0.05) is 37.7 Å². The van der Waals surface area contributed by atoms with Crippen LogP contribution in [0.3, 0.4) is 0 Å². The highest BCUT2D eigenvalue weighted by Gasteiger charge is 2.34. The quantitative estimate of drug-likeness (QED) is 0.482. The number of hydrogen-bond acceptors (Lipinski definition) is 4. The monoisotopic (exact) mass is 524 g/mol. The van der Waals surface area contributed by atoms with Gasteiger partial charge in [-0.1, -0.05) is 55.5 Å². The number of ether oxygens (including phenoxy) is 2. The molecule has 7 heteroatoms. The molecule has 2 amide bonds. The van der Waals surface area contributed by atoms with Crippen LogP contribution in [0.15, 0.2) is 36.4 Å². The first-order valence-electron chi connectivity index (χ1n) is 13.9. The summed E-state index contributed by atoms with van der Waals surface area (Å²) in [5.41, 5.74) is 2.80. The molecule has 1 saturated carbocycles. The van der Waals surface area contributed by atoms with Crippen molar-refractivity contribution in [3.8, 4) is 11.5 Å². The lowest BCUT2D eigenvalue weighted by molar-refractivity contribution is -0.131. The van der Waals surface area contributed by atoms with Crippen molar-refractivity contribution in [2.24, 2.45) is 5.92 Å². The normalized spacial score (nSPS) is 19.1. The summed E-state index contributed by atoms with van der Waals surface area (Å²) in [5.74, 6) is 1.62. The first kappa shape index (κ1) is 25.9. The molecule has 0 N–H and O–H groups in total. The molecular weight excluding hydrogens is 488 g/mol. The SMILES string of the molecule is O=C(Cc1cc(Cl)c2c(c1)OCCCO2)N1CCCCCCCCN(C(=O)C2CC2)c2ccccc2C1. The summed E-state index contributed by atoms with van der Waals surface area (Å²) in [4.78, 5) is 30.9. The Hall–Kier alpha value is -2.73. The second-order valence-corrected chi connectivity index (χ2v) is 10.9. The maximum absolute atomic E-state index is 13.7. The van der Waals surface area contributed by atoms with E-state index in [2.05, 4.69) is 6.07 Å². The number of fused-ring (bicyclic) bond motifs is 2.